The van der Waals surface area contributed by atoms with Crippen molar-refractivity contribution in [2.45, 2.75) is 46.6 Å². The smallest absolute Gasteiger partial charge is 0.191 e. The summed E-state index contributed by atoms with van der Waals surface area (Å²) in [6.45, 7) is 13.5. The first kappa shape index (κ1) is 16.3. The molecule has 0 aromatic heterocycles. The molecule has 0 spiro atoms. The zero-order chi connectivity index (χ0) is 14.3. The van der Waals surface area contributed by atoms with Gasteiger partial charge in [-0.25, -0.2) is 0 Å². The van der Waals surface area contributed by atoms with Crippen molar-refractivity contribution in [2.24, 2.45) is 16.8 Å². The number of aliphatic imine (C=N–C) groups is 1. The monoisotopic (exact) mass is 268 g/mol. The minimum Gasteiger partial charge on any atom is -0.356 e. The Bertz CT molecular complexity index is 273. The van der Waals surface area contributed by atoms with Crippen molar-refractivity contribution in [1.82, 2.24) is 15.5 Å². The Morgan fingerprint density at radius 3 is 2.53 bits per heavy atom. The second kappa shape index (κ2) is 8.41. The van der Waals surface area contributed by atoms with Crippen LogP contribution in [0, 0.1) is 11.8 Å². The van der Waals surface area contributed by atoms with E-state index in [0.717, 1.165) is 25.0 Å². The molecule has 2 N–H and O–H groups in total. The highest BCUT2D eigenvalue weighted by atomic mass is 15.2. The van der Waals surface area contributed by atoms with Crippen LogP contribution in [0.2, 0.25) is 0 Å². The minimum atomic E-state index is 0.641. The van der Waals surface area contributed by atoms with Crippen molar-refractivity contribution >= 4 is 5.96 Å². The van der Waals surface area contributed by atoms with Gasteiger partial charge in [-0.05, 0) is 31.2 Å². The Morgan fingerprint density at radius 1 is 1.21 bits per heavy atom. The Kier molecular flexibility index (Phi) is 7.21. The molecule has 112 valence electrons. The number of likely N-dealkylation sites (tertiary alicyclic amines) is 1. The Morgan fingerprint density at radius 2 is 1.95 bits per heavy atom. The molecule has 1 aliphatic heterocycles. The van der Waals surface area contributed by atoms with Gasteiger partial charge in [0.1, 0.15) is 0 Å². The zero-order valence-electron chi connectivity index (χ0n) is 13.4. The highest BCUT2D eigenvalue weighted by Gasteiger charge is 2.24. The van der Waals surface area contributed by atoms with E-state index in [9.17, 15) is 0 Å². The molecule has 4 nitrogen and oxygen atoms in total. The van der Waals surface area contributed by atoms with E-state index in [1.807, 2.05) is 7.05 Å². The average molecular weight is 268 g/mol. The summed E-state index contributed by atoms with van der Waals surface area (Å²) < 4.78 is 0. The molecule has 0 aliphatic carbocycles. The van der Waals surface area contributed by atoms with Crippen LogP contribution in [-0.2, 0) is 0 Å². The van der Waals surface area contributed by atoms with Crippen molar-refractivity contribution in [3.8, 4) is 0 Å². The molecule has 0 aromatic carbocycles. The Hall–Kier alpha value is -0.770. The van der Waals surface area contributed by atoms with Crippen molar-refractivity contribution in [1.29, 1.82) is 0 Å². The van der Waals surface area contributed by atoms with Gasteiger partial charge in [-0.2, -0.15) is 0 Å². The fraction of sp³-hybridized carbons (Fsp3) is 0.933. The van der Waals surface area contributed by atoms with Crippen LogP contribution >= 0.6 is 0 Å². The normalized spacial score (nSPS) is 21.4. The fourth-order valence-electron chi connectivity index (χ4n) is 2.57. The van der Waals surface area contributed by atoms with E-state index in [0.29, 0.717) is 12.0 Å². The molecule has 0 unspecified atom stereocenters. The summed E-state index contributed by atoms with van der Waals surface area (Å²) in [5.74, 6) is 2.33. The second-order valence-corrected chi connectivity index (χ2v) is 6.41. The van der Waals surface area contributed by atoms with Gasteiger partial charge in [0.05, 0.1) is 0 Å². The van der Waals surface area contributed by atoms with Gasteiger partial charge in [-0.3, -0.25) is 9.89 Å². The first-order chi connectivity index (χ1) is 9.02. The third kappa shape index (κ3) is 6.28. The number of nitrogens with one attached hydrogen (secondary N) is 2. The van der Waals surface area contributed by atoms with Crippen molar-refractivity contribution in [2.75, 3.05) is 33.2 Å². The van der Waals surface area contributed by atoms with Crippen molar-refractivity contribution in [3.63, 3.8) is 0 Å². The summed E-state index contributed by atoms with van der Waals surface area (Å²) in [7, 11) is 1.84. The van der Waals surface area contributed by atoms with Gasteiger partial charge in [-0.15, -0.1) is 0 Å². The highest BCUT2D eigenvalue weighted by molar-refractivity contribution is 5.79. The van der Waals surface area contributed by atoms with E-state index in [1.165, 1.54) is 25.9 Å². The molecule has 1 saturated heterocycles. The number of hydrogen-bond acceptors (Lipinski definition) is 2. The largest absolute Gasteiger partial charge is 0.356 e. The first-order valence-corrected chi connectivity index (χ1v) is 7.71. The fourth-order valence-corrected chi connectivity index (χ4v) is 2.57. The van der Waals surface area contributed by atoms with Crippen molar-refractivity contribution in [3.05, 3.63) is 0 Å². The predicted octanol–water partition coefficient (Wildman–Crippen LogP) is 1.93. The number of rotatable bonds is 6. The highest BCUT2D eigenvalue weighted by Crippen LogP contribution is 2.17. The molecule has 0 aromatic rings. The topological polar surface area (TPSA) is 39.7 Å². The van der Waals surface area contributed by atoms with Crippen LogP contribution in [-0.4, -0.2) is 50.1 Å². The first-order valence-electron chi connectivity index (χ1n) is 7.71. The summed E-state index contributed by atoms with van der Waals surface area (Å²) in [4.78, 5) is 6.90. The van der Waals surface area contributed by atoms with E-state index in [2.05, 4.69) is 48.2 Å². The van der Waals surface area contributed by atoms with Gasteiger partial charge in [0.25, 0.3) is 0 Å². The maximum absolute atomic E-state index is 4.28. The molecule has 0 bridgehead atoms. The lowest BCUT2D eigenvalue weighted by Crippen LogP contribution is -2.46. The molecule has 1 atom stereocenters. The molecule has 0 saturated carbocycles. The summed E-state index contributed by atoms with van der Waals surface area (Å²) in [5.41, 5.74) is 0. The minimum absolute atomic E-state index is 0.641. The predicted molar refractivity (Wildman–Crippen MR) is 83.6 cm³/mol. The van der Waals surface area contributed by atoms with Crippen LogP contribution in [0.1, 0.15) is 40.5 Å². The third-order valence-corrected chi connectivity index (χ3v) is 3.51. The third-order valence-electron chi connectivity index (χ3n) is 3.51. The quantitative estimate of drug-likeness (QED) is 0.571. The lowest BCUT2D eigenvalue weighted by atomic mass is 10.1. The number of nitrogens with zero attached hydrogens (tertiary/aromatic N) is 2. The molecule has 1 aliphatic rings. The van der Waals surface area contributed by atoms with Crippen LogP contribution < -0.4 is 10.6 Å². The summed E-state index contributed by atoms with van der Waals surface area (Å²) in [5, 5.41) is 6.84. The van der Waals surface area contributed by atoms with Crippen LogP contribution in [0.4, 0.5) is 0 Å². The van der Waals surface area contributed by atoms with Crippen LogP contribution in [0.3, 0.4) is 0 Å². The molecule has 1 heterocycles. The average Bonchev–Trinajstić information content (AvgIpc) is 2.75. The number of guanidine groups is 1. The van der Waals surface area contributed by atoms with Gasteiger partial charge in [-0.1, -0.05) is 27.7 Å². The molecule has 4 heteroatoms. The maximum atomic E-state index is 4.28. The van der Waals surface area contributed by atoms with Crippen molar-refractivity contribution < 1.29 is 0 Å². The van der Waals surface area contributed by atoms with E-state index in [1.54, 1.807) is 0 Å². The van der Waals surface area contributed by atoms with Gasteiger partial charge < -0.3 is 10.6 Å². The molecular formula is C15H32N4. The van der Waals surface area contributed by atoms with E-state index in [4.69, 9.17) is 0 Å². The molecule has 0 radical (unpaired) electrons. The lowest BCUT2D eigenvalue weighted by Gasteiger charge is -2.27. The van der Waals surface area contributed by atoms with Crippen LogP contribution in [0.15, 0.2) is 4.99 Å². The molecule has 1 fully saturated rings. The Balaban J connectivity index is 2.33. The van der Waals surface area contributed by atoms with Gasteiger partial charge >= 0.3 is 0 Å². The molecule has 19 heavy (non-hydrogen) atoms. The maximum Gasteiger partial charge on any atom is 0.191 e. The molecule has 0 amide bonds. The SMILES string of the molecule is CN=C(NCC(C)C)NC[C@H]1CCCN1CC(C)C. The lowest BCUT2D eigenvalue weighted by molar-refractivity contribution is 0.226. The van der Waals surface area contributed by atoms with Crippen LogP contribution in [0.25, 0.3) is 0 Å². The summed E-state index contributed by atoms with van der Waals surface area (Å²) in [6.07, 6.45) is 2.64. The second-order valence-electron chi connectivity index (χ2n) is 6.41. The summed E-state index contributed by atoms with van der Waals surface area (Å²) >= 11 is 0. The Labute approximate surface area is 119 Å². The van der Waals surface area contributed by atoms with E-state index in [-0.39, 0.29) is 0 Å². The van der Waals surface area contributed by atoms with Gasteiger partial charge in [0.15, 0.2) is 5.96 Å². The standard InChI is InChI=1S/C15H32N4/c1-12(2)9-17-15(16-5)18-10-14-7-6-8-19(14)11-13(3)4/h12-14H,6-11H2,1-5H3,(H2,16,17,18)/t14-/m1/s1. The number of hydrogen-bond donors (Lipinski definition) is 2. The zero-order valence-corrected chi connectivity index (χ0v) is 13.4. The molecular weight excluding hydrogens is 236 g/mol. The van der Waals surface area contributed by atoms with E-state index >= 15 is 0 Å². The van der Waals surface area contributed by atoms with Crippen LogP contribution in [0.5, 0.6) is 0 Å². The summed E-state index contributed by atoms with van der Waals surface area (Å²) in [6, 6.07) is 0.667. The van der Waals surface area contributed by atoms with E-state index < -0.39 is 0 Å². The van der Waals surface area contributed by atoms with Gasteiger partial charge in [0.2, 0.25) is 0 Å². The van der Waals surface area contributed by atoms with Gasteiger partial charge in [0, 0.05) is 32.7 Å². The molecule has 1 rings (SSSR count).